The molecule has 0 aliphatic heterocycles. The van der Waals surface area contributed by atoms with Crippen LogP contribution in [0.25, 0.3) is 5.69 Å². The molecule has 7 nitrogen and oxygen atoms in total. The average Bonchev–Trinajstić information content (AvgIpc) is 2.99. The number of benzene rings is 1. The third kappa shape index (κ3) is 3.44. The van der Waals surface area contributed by atoms with Crippen LogP contribution in [0, 0.1) is 5.41 Å². The van der Waals surface area contributed by atoms with E-state index < -0.39 is 11.4 Å². The predicted molar refractivity (Wildman–Crippen MR) is 75.1 cm³/mol. The van der Waals surface area contributed by atoms with Crippen molar-refractivity contribution in [2.75, 3.05) is 6.54 Å². The third-order valence-corrected chi connectivity index (χ3v) is 3.07. The monoisotopic (exact) mass is 288 g/mol. The Balaban J connectivity index is 2.10. The normalized spacial score (nSPS) is 11.1. The number of aromatic nitrogens is 3. The van der Waals surface area contributed by atoms with E-state index in [0.717, 1.165) is 0 Å². The van der Waals surface area contributed by atoms with Crippen molar-refractivity contribution in [3.8, 4) is 5.69 Å². The van der Waals surface area contributed by atoms with Crippen LogP contribution in [-0.4, -0.2) is 38.5 Å². The van der Waals surface area contributed by atoms with E-state index in [2.05, 4.69) is 15.6 Å². The van der Waals surface area contributed by atoms with E-state index in [-0.39, 0.29) is 12.5 Å². The van der Waals surface area contributed by atoms with E-state index in [1.54, 1.807) is 50.5 Å². The Kier molecular flexibility index (Phi) is 4.02. The molecule has 0 atom stereocenters. The number of carbonyl (C=O) groups is 2. The number of hydrogen-bond donors (Lipinski definition) is 2. The fourth-order valence-electron chi connectivity index (χ4n) is 1.61. The second kappa shape index (κ2) is 5.74. The number of carboxylic acids is 1. The molecule has 1 aromatic carbocycles. The summed E-state index contributed by atoms with van der Waals surface area (Å²) in [5.74, 6) is -1.29. The molecule has 0 bridgehead atoms. The van der Waals surface area contributed by atoms with Crippen LogP contribution < -0.4 is 5.32 Å². The maximum atomic E-state index is 12.1. The highest BCUT2D eigenvalue weighted by molar-refractivity contribution is 5.95. The van der Waals surface area contributed by atoms with Crippen LogP contribution >= 0.6 is 0 Å². The van der Waals surface area contributed by atoms with Gasteiger partial charge in [0.25, 0.3) is 5.91 Å². The van der Waals surface area contributed by atoms with Gasteiger partial charge >= 0.3 is 5.97 Å². The molecule has 1 heterocycles. The summed E-state index contributed by atoms with van der Waals surface area (Å²) in [6.45, 7) is 3.16. The topological polar surface area (TPSA) is 97.1 Å². The molecule has 1 amide bonds. The Morgan fingerprint density at radius 1 is 1.38 bits per heavy atom. The lowest BCUT2D eigenvalue weighted by molar-refractivity contribution is -0.146. The van der Waals surface area contributed by atoms with Gasteiger partial charge < -0.3 is 10.4 Å². The van der Waals surface area contributed by atoms with E-state index in [0.29, 0.717) is 11.3 Å². The quantitative estimate of drug-likeness (QED) is 0.859. The summed E-state index contributed by atoms with van der Waals surface area (Å²) in [7, 11) is 0. The summed E-state index contributed by atoms with van der Waals surface area (Å²) < 4.78 is 1.54. The molecule has 0 radical (unpaired) electrons. The first-order valence-electron chi connectivity index (χ1n) is 6.38. The number of aliphatic carboxylic acids is 1. The van der Waals surface area contributed by atoms with E-state index in [9.17, 15) is 9.59 Å². The zero-order valence-corrected chi connectivity index (χ0v) is 11.8. The van der Waals surface area contributed by atoms with E-state index >= 15 is 0 Å². The summed E-state index contributed by atoms with van der Waals surface area (Å²) in [6, 6.07) is 6.85. The summed E-state index contributed by atoms with van der Waals surface area (Å²) >= 11 is 0. The zero-order valence-electron chi connectivity index (χ0n) is 11.8. The lowest BCUT2D eigenvalue weighted by Crippen LogP contribution is -2.38. The van der Waals surface area contributed by atoms with Crippen molar-refractivity contribution in [2.24, 2.45) is 5.41 Å². The highest BCUT2D eigenvalue weighted by Crippen LogP contribution is 2.14. The first kappa shape index (κ1) is 14.7. The predicted octanol–water partition coefficient (Wildman–Crippen LogP) is 1.11. The minimum Gasteiger partial charge on any atom is -0.481 e. The smallest absolute Gasteiger partial charge is 0.310 e. The largest absolute Gasteiger partial charge is 0.481 e. The van der Waals surface area contributed by atoms with Crippen LogP contribution in [-0.2, 0) is 4.79 Å². The number of hydrogen-bond acceptors (Lipinski definition) is 4. The van der Waals surface area contributed by atoms with Crippen molar-refractivity contribution in [1.29, 1.82) is 0 Å². The van der Waals surface area contributed by atoms with Crippen molar-refractivity contribution < 1.29 is 14.7 Å². The molecular formula is C14H16N4O3. The van der Waals surface area contributed by atoms with Gasteiger partial charge in [0.2, 0.25) is 0 Å². The molecule has 0 unspecified atom stereocenters. The Hall–Kier alpha value is -2.70. The Labute approximate surface area is 121 Å². The van der Waals surface area contributed by atoms with Crippen LogP contribution in [0.2, 0.25) is 0 Å². The van der Waals surface area contributed by atoms with Gasteiger partial charge in [0, 0.05) is 12.1 Å². The Bertz CT molecular complexity index is 650. The zero-order chi connectivity index (χ0) is 15.5. The summed E-state index contributed by atoms with van der Waals surface area (Å²) in [4.78, 5) is 23.1. The van der Waals surface area contributed by atoms with Crippen molar-refractivity contribution in [3.05, 3.63) is 42.2 Å². The van der Waals surface area contributed by atoms with E-state index in [4.69, 9.17) is 5.11 Å². The van der Waals surface area contributed by atoms with Gasteiger partial charge in [-0.25, -0.2) is 4.68 Å². The number of rotatable bonds is 5. The highest BCUT2D eigenvalue weighted by Gasteiger charge is 2.27. The van der Waals surface area contributed by atoms with Crippen molar-refractivity contribution in [3.63, 3.8) is 0 Å². The fourth-order valence-corrected chi connectivity index (χ4v) is 1.61. The molecule has 110 valence electrons. The molecule has 1 aromatic heterocycles. The Morgan fingerprint density at radius 2 is 2.14 bits per heavy atom. The van der Waals surface area contributed by atoms with Crippen LogP contribution in [0.3, 0.4) is 0 Å². The van der Waals surface area contributed by atoms with Gasteiger partial charge in [-0.1, -0.05) is 11.3 Å². The van der Waals surface area contributed by atoms with Gasteiger partial charge in [-0.05, 0) is 32.0 Å². The standard InChI is InChI=1S/C14H16N4O3/c1-14(2,13(20)21)9-15-12(19)10-4-3-5-11(8-10)18-7-6-16-17-18/h3-8H,9H2,1-2H3,(H,15,19)(H,20,21). The molecule has 2 N–H and O–H groups in total. The average molecular weight is 288 g/mol. The molecule has 21 heavy (non-hydrogen) atoms. The molecule has 0 saturated heterocycles. The number of nitrogens with zero attached hydrogens (tertiary/aromatic N) is 3. The summed E-state index contributed by atoms with van der Waals surface area (Å²) in [5.41, 5.74) is 0.126. The molecule has 0 fully saturated rings. The molecule has 0 aliphatic carbocycles. The molecule has 0 saturated carbocycles. The molecule has 0 spiro atoms. The first-order chi connectivity index (χ1) is 9.90. The van der Waals surface area contributed by atoms with Gasteiger partial charge in [0.15, 0.2) is 0 Å². The second-order valence-corrected chi connectivity index (χ2v) is 5.27. The van der Waals surface area contributed by atoms with Crippen molar-refractivity contribution in [1.82, 2.24) is 20.3 Å². The summed E-state index contributed by atoms with van der Waals surface area (Å²) in [5, 5.41) is 19.2. The fraction of sp³-hybridized carbons (Fsp3) is 0.286. The van der Waals surface area contributed by atoms with Gasteiger partial charge in [-0.3, -0.25) is 9.59 Å². The SMILES string of the molecule is CC(C)(CNC(=O)c1cccc(-n2ccnn2)c1)C(=O)O. The number of amides is 1. The third-order valence-electron chi connectivity index (χ3n) is 3.07. The number of nitrogens with one attached hydrogen (secondary N) is 1. The molecule has 2 aromatic rings. The minimum absolute atomic E-state index is 0.0503. The Morgan fingerprint density at radius 3 is 2.76 bits per heavy atom. The van der Waals surface area contributed by atoms with Crippen LogP contribution in [0.4, 0.5) is 0 Å². The van der Waals surface area contributed by atoms with Crippen LogP contribution in [0.5, 0.6) is 0 Å². The second-order valence-electron chi connectivity index (χ2n) is 5.27. The molecule has 2 rings (SSSR count). The molecular weight excluding hydrogens is 272 g/mol. The van der Waals surface area contributed by atoms with Gasteiger partial charge in [0.1, 0.15) is 0 Å². The highest BCUT2D eigenvalue weighted by atomic mass is 16.4. The van der Waals surface area contributed by atoms with Crippen LogP contribution in [0.1, 0.15) is 24.2 Å². The van der Waals surface area contributed by atoms with Gasteiger partial charge in [-0.15, -0.1) is 5.10 Å². The van der Waals surface area contributed by atoms with Crippen molar-refractivity contribution >= 4 is 11.9 Å². The lowest BCUT2D eigenvalue weighted by Gasteiger charge is -2.19. The lowest BCUT2D eigenvalue weighted by atomic mass is 9.94. The molecule has 0 aliphatic rings. The van der Waals surface area contributed by atoms with Crippen LogP contribution in [0.15, 0.2) is 36.7 Å². The van der Waals surface area contributed by atoms with Gasteiger partial charge in [0.05, 0.1) is 23.5 Å². The van der Waals surface area contributed by atoms with E-state index in [1.165, 1.54) is 4.68 Å². The first-order valence-corrected chi connectivity index (χ1v) is 6.38. The molecule has 7 heteroatoms. The number of carboxylic acid groups (broad SMARTS) is 1. The maximum absolute atomic E-state index is 12.1. The maximum Gasteiger partial charge on any atom is 0.310 e. The number of carbonyl (C=O) groups excluding carboxylic acids is 1. The van der Waals surface area contributed by atoms with Gasteiger partial charge in [-0.2, -0.15) is 0 Å². The summed E-state index contributed by atoms with van der Waals surface area (Å²) in [6.07, 6.45) is 3.21. The van der Waals surface area contributed by atoms with E-state index in [1.807, 2.05) is 0 Å². The minimum atomic E-state index is -1.01. The van der Waals surface area contributed by atoms with Crippen molar-refractivity contribution in [2.45, 2.75) is 13.8 Å².